The number of aliphatic hydroxyl groups is 1. The number of rotatable bonds is 2. The third-order valence-corrected chi connectivity index (χ3v) is 3.14. The van der Waals surface area contributed by atoms with Crippen LogP contribution < -0.4 is 5.32 Å². The molecule has 0 bridgehead atoms. The van der Waals surface area contributed by atoms with Crippen LogP contribution in [0.15, 0.2) is 11.8 Å². The first-order valence-electron chi connectivity index (χ1n) is 5.61. The van der Waals surface area contributed by atoms with Gasteiger partial charge in [-0.1, -0.05) is 6.92 Å². The normalized spacial score (nSPS) is 34.9. The van der Waals surface area contributed by atoms with Crippen molar-refractivity contribution in [2.24, 2.45) is 5.92 Å². The summed E-state index contributed by atoms with van der Waals surface area (Å²) >= 11 is 0. The minimum atomic E-state index is -0.248. The largest absolute Gasteiger partial charge is 0.394 e. The zero-order valence-electron chi connectivity index (χ0n) is 9.64. The Kier molecular flexibility index (Phi) is 3.16. The Bertz CT molecular complexity index is 316. The monoisotopic (exact) mass is 226 g/mol. The summed E-state index contributed by atoms with van der Waals surface area (Å²) in [5, 5.41) is 11.9. The predicted molar refractivity (Wildman–Crippen MR) is 58.5 cm³/mol. The lowest BCUT2D eigenvalue weighted by atomic mass is 10.0. The lowest BCUT2D eigenvalue weighted by Crippen LogP contribution is -2.46. The van der Waals surface area contributed by atoms with E-state index in [9.17, 15) is 4.79 Å². The quantitative estimate of drug-likeness (QED) is 0.727. The van der Waals surface area contributed by atoms with Gasteiger partial charge >= 0.3 is 6.03 Å². The van der Waals surface area contributed by atoms with Gasteiger partial charge in [-0.25, -0.2) is 4.79 Å². The van der Waals surface area contributed by atoms with E-state index in [0.717, 1.165) is 12.0 Å². The van der Waals surface area contributed by atoms with E-state index in [0.29, 0.717) is 6.54 Å². The molecule has 0 aromatic rings. The van der Waals surface area contributed by atoms with Crippen molar-refractivity contribution in [2.75, 3.05) is 13.2 Å². The average molecular weight is 226 g/mol. The summed E-state index contributed by atoms with van der Waals surface area (Å²) in [5.41, 5.74) is 1.10. The number of carbonyl (C=O) groups excluding carboxylic acids is 1. The minimum absolute atomic E-state index is 0.00974. The van der Waals surface area contributed by atoms with Gasteiger partial charge in [-0.2, -0.15) is 0 Å². The molecule has 2 aliphatic heterocycles. The molecule has 0 spiro atoms. The average Bonchev–Trinajstić information content (AvgIpc) is 2.63. The van der Waals surface area contributed by atoms with Crippen LogP contribution in [-0.4, -0.2) is 41.5 Å². The summed E-state index contributed by atoms with van der Waals surface area (Å²) in [4.78, 5) is 13.2. The summed E-state index contributed by atoms with van der Waals surface area (Å²) in [6.45, 7) is 4.60. The Morgan fingerprint density at radius 3 is 3.06 bits per heavy atom. The van der Waals surface area contributed by atoms with E-state index in [1.54, 1.807) is 4.90 Å². The number of carbonyl (C=O) groups is 1. The van der Waals surface area contributed by atoms with Gasteiger partial charge in [0.1, 0.15) is 6.23 Å². The summed E-state index contributed by atoms with van der Waals surface area (Å²) < 4.78 is 5.65. The highest BCUT2D eigenvalue weighted by atomic mass is 16.5. The van der Waals surface area contributed by atoms with Crippen LogP contribution >= 0.6 is 0 Å². The number of amides is 2. The van der Waals surface area contributed by atoms with E-state index in [1.807, 2.05) is 20.0 Å². The lowest BCUT2D eigenvalue weighted by Gasteiger charge is -2.29. The van der Waals surface area contributed by atoms with Crippen molar-refractivity contribution < 1.29 is 14.6 Å². The van der Waals surface area contributed by atoms with Crippen LogP contribution in [-0.2, 0) is 4.74 Å². The molecule has 5 heteroatoms. The van der Waals surface area contributed by atoms with Crippen molar-refractivity contribution >= 4 is 6.03 Å². The molecule has 3 atom stereocenters. The van der Waals surface area contributed by atoms with E-state index < -0.39 is 0 Å². The van der Waals surface area contributed by atoms with E-state index >= 15 is 0 Å². The molecular formula is C11H18N2O3. The molecule has 1 fully saturated rings. The number of urea groups is 1. The first-order chi connectivity index (χ1) is 7.61. The van der Waals surface area contributed by atoms with Crippen molar-refractivity contribution in [1.29, 1.82) is 0 Å². The van der Waals surface area contributed by atoms with Gasteiger partial charge in [-0.15, -0.1) is 0 Å². The third-order valence-electron chi connectivity index (χ3n) is 3.14. The highest BCUT2D eigenvalue weighted by Gasteiger charge is 2.37. The smallest absolute Gasteiger partial charge is 0.323 e. The van der Waals surface area contributed by atoms with Crippen molar-refractivity contribution in [3.05, 3.63) is 11.8 Å². The number of ether oxygens (including phenoxy) is 1. The van der Waals surface area contributed by atoms with Crippen molar-refractivity contribution in [3.63, 3.8) is 0 Å². The maximum absolute atomic E-state index is 11.7. The topological polar surface area (TPSA) is 61.8 Å². The number of hydrogen-bond acceptors (Lipinski definition) is 3. The number of nitrogens with one attached hydrogen (secondary N) is 1. The molecular weight excluding hydrogens is 208 g/mol. The Morgan fingerprint density at radius 1 is 1.69 bits per heavy atom. The number of aliphatic hydroxyl groups excluding tert-OH is 1. The Labute approximate surface area is 95.1 Å². The van der Waals surface area contributed by atoms with Crippen LogP contribution in [0.5, 0.6) is 0 Å². The molecule has 2 amide bonds. The Balaban J connectivity index is 2.08. The van der Waals surface area contributed by atoms with Gasteiger partial charge in [-0.05, 0) is 24.8 Å². The second kappa shape index (κ2) is 4.43. The number of hydrogen-bond donors (Lipinski definition) is 2. The van der Waals surface area contributed by atoms with Gasteiger partial charge < -0.3 is 15.2 Å². The maximum Gasteiger partial charge on any atom is 0.323 e. The Hall–Kier alpha value is -1.07. The molecule has 0 radical (unpaired) electrons. The van der Waals surface area contributed by atoms with Crippen molar-refractivity contribution in [2.45, 2.75) is 32.6 Å². The van der Waals surface area contributed by atoms with Crippen LogP contribution in [0.25, 0.3) is 0 Å². The SMILES string of the molecule is CC1=CN([C@H]2C[C@H](C)[C@@H](CO)O2)C(=O)NC1. The minimum Gasteiger partial charge on any atom is -0.394 e. The first kappa shape index (κ1) is 11.4. The van der Waals surface area contributed by atoms with Gasteiger partial charge in [0, 0.05) is 12.7 Å². The van der Waals surface area contributed by atoms with Crippen LogP contribution in [0, 0.1) is 5.92 Å². The molecule has 0 unspecified atom stereocenters. The first-order valence-corrected chi connectivity index (χ1v) is 5.61. The molecule has 90 valence electrons. The maximum atomic E-state index is 11.7. The molecule has 0 aliphatic carbocycles. The molecule has 0 aromatic heterocycles. The van der Waals surface area contributed by atoms with E-state index in [-0.39, 0.29) is 30.9 Å². The van der Waals surface area contributed by atoms with Crippen LogP contribution in [0.4, 0.5) is 4.79 Å². The summed E-state index contributed by atoms with van der Waals surface area (Å²) in [5.74, 6) is 0.276. The van der Waals surface area contributed by atoms with Gasteiger partial charge in [-0.3, -0.25) is 4.90 Å². The lowest BCUT2D eigenvalue weighted by molar-refractivity contribution is -0.0424. The molecule has 2 N–H and O–H groups in total. The van der Waals surface area contributed by atoms with Crippen LogP contribution in [0.3, 0.4) is 0 Å². The van der Waals surface area contributed by atoms with Gasteiger partial charge in [0.15, 0.2) is 0 Å². The van der Waals surface area contributed by atoms with Gasteiger partial charge in [0.05, 0.1) is 12.7 Å². The molecule has 1 saturated heterocycles. The second-order valence-electron chi connectivity index (χ2n) is 4.57. The fraction of sp³-hybridized carbons (Fsp3) is 0.727. The van der Waals surface area contributed by atoms with Crippen LogP contribution in [0.2, 0.25) is 0 Å². The van der Waals surface area contributed by atoms with Gasteiger partial charge in [0.25, 0.3) is 0 Å². The second-order valence-corrected chi connectivity index (χ2v) is 4.57. The van der Waals surface area contributed by atoms with Crippen LogP contribution in [0.1, 0.15) is 20.3 Å². The molecule has 0 saturated carbocycles. The van der Waals surface area contributed by atoms with Crippen molar-refractivity contribution in [3.8, 4) is 0 Å². The van der Waals surface area contributed by atoms with Gasteiger partial charge in [0.2, 0.25) is 0 Å². The predicted octanol–water partition coefficient (Wildman–Crippen LogP) is 0.659. The zero-order chi connectivity index (χ0) is 11.7. The Morgan fingerprint density at radius 2 is 2.44 bits per heavy atom. The fourth-order valence-electron chi connectivity index (χ4n) is 2.13. The standard InChI is InChI=1S/C11H18N2O3/c1-7-4-12-11(15)13(5-7)10-3-8(2)9(6-14)16-10/h5,8-10,14H,3-4,6H2,1-2H3,(H,12,15)/t8-,9+,10+/m0/s1. The zero-order valence-corrected chi connectivity index (χ0v) is 9.64. The fourth-order valence-corrected chi connectivity index (χ4v) is 2.13. The third kappa shape index (κ3) is 2.05. The molecule has 5 nitrogen and oxygen atoms in total. The molecule has 2 aliphatic rings. The van der Waals surface area contributed by atoms with E-state index in [1.165, 1.54) is 0 Å². The summed E-state index contributed by atoms with van der Waals surface area (Å²) in [7, 11) is 0. The summed E-state index contributed by atoms with van der Waals surface area (Å²) in [6, 6.07) is -0.124. The number of nitrogens with zero attached hydrogens (tertiary/aromatic N) is 1. The van der Waals surface area contributed by atoms with E-state index in [4.69, 9.17) is 9.84 Å². The van der Waals surface area contributed by atoms with Crippen molar-refractivity contribution in [1.82, 2.24) is 10.2 Å². The highest BCUT2D eigenvalue weighted by molar-refractivity contribution is 5.77. The molecule has 2 heterocycles. The highest BCUT2D eigenvalue weighted by Crippen LogP contribution is 2.29. The molecule has 16 heavy (non-hydrogen) atoms. The molecule has 2 rings (SSSR count). The van der Waals surface area contributed by atoms with E-state index in [2.05, 4.69) is 5.32 Å². The molecule has 0 aromatic carbocycles. The summed E-state index contributed by atoms with van der Waals surface area (Å²) in [6.07, 6.45) is 2.19.